The highest BCUT2D eigenvalue weighted by atomic mass is 32.2. The smallest absolute Gasteiger partial charge is 0.273 e. The van der Waals surface area contributed by atoms with Crippen molar-refractivity contribution < 1.29 is 13.2 Å². The Kier molecular flexibility index (Phi) is 6.72. The second-order valence-corrected chi connectivity index (χ2v) is 11.6. The van der Waals surface area contributed by atoms with Gasteiger partial charge in [-0.2, -0.15) is 4.31 Å². The zero-order chi connectivity index (χ0) is 22.2. The maximum Gasteiger partial charge on any atom is 0.273 e. The van der Waals surface area contributed by atoms with Gasteiger partial charge in [-0.1, -0.05) is 17.4 Å². The molecule has 170 valence electrons. The van der Waals surface area contributed by atoms with Gasteiger partial charge in [-0.3, -0.25) is 0 Å². The molecule has 2 aromatic rings. The Morgan fingerprint density at radius 3 is 2.13 bits per heavy atom. The Balaban J connectivity index is 1.36. The maximum atomic E-state index is 13.5. The lowest BCUT2D eigenvalue weighted by Crippen LogP contribution is -2.50. The number of aryl methyl sites for hydroxylation is 2. The van der Waals surface area contributed by atoms with Crippen LogP contribution in [0.5, 0.6) is 5.19 Å². The van der Waals surface area contributed by atoms with Gasteiger partial charge in [-0.25, -0.2) is 13.4 Å². The lowest BCUT2D eigenvalue weighted by atomic mass is 10.00. The minimum absolute atomic E-state index is 0.235. The molecule has 0 aliphatic carbocycles. The maximum absolute atomic E-state index is 13.5. The summed E-state index contributed by atoms with van der Waals surface area (Å²) >= 11 is 1.54. The molecule has 0 bridgehead atoms. The number of piperidine rings is 2. The minimum atomic E-state index is -3.47. The highest BCUT2D eigenvalue weighted by Crippen LogP contribution is 2.31. The van der Waals surface area contributed by atoms with E-state index in [1.165, 1.54) is 0 Å². The van der Waals surface area contributed by atoms with E-state index in [4.69, 9.17) is 4.74 Å². The molecule has 3 heterocycles. The first-order valence-corrected chi connectivity index (χ1v) is 13.5. The van der Waals surface area contributed by atoms with E-state index in [1.807, 2.05) is 33.1 Å². The molecule has 2 aliphatic heterocycles. The quantitative estimate of drug-likeness (QED) is 0.669. The van der Waals surface area contributed by atoms with Crippen molar-refractivity contribution in [3.05, 3.63) is 39.9 Å². The van der Waals surface area contributed by atoms with E-state index in [9.17, 15) is 8.42 Å². The number of rotatable bonds is 5. The summed E-state index contributed by atoms with van der Waals surface area (Å²) in [6.45, 7) is 11.0. The second-order valence-electron chi connectivity index (χ2n) is 8.88. The molecule has 0 radical (unpaired) electrons. The number of hydrogen-bond acceptors (Lipinski definition) is 6. The molecule has 0 spiro atoms. The van der Waals surface area contributed by atoms with Gasteiger partial charge < -0.3 is 9.64 Å². The Labute approximate surface area is 190 Å². The van der Waals surface area contributed by atoms with Crippen LogP contribution < -0.4 is 4.74 Å². The first kappa shape index (κ1) is 22.7. The van der Waals surface area contributed by atoms with Crippen LogP contribution in [0.3, 0.4) is 0 Å². The summed E-state index contributed by atoms with van der Waals surface area (Å²) in [6.07, 6.45) is 5.79. The average molecular weight is 464 g/mol. The molecule has 2 aliphatic rings. The summed E-state index contributed by atoms with van der Waals surface area (Å²) < 4.78 is 34.7. The van der Waals surface area contributed by atoms with E-state index in [2.05, 4.69) is 16.0 Å². The van der Waals surface area contributed by atoms with Crippen LogP contribution in [0.2, 0.25) is 0 Å². The van der Waals surface area contributed by atoms with Crippen LogP contribution >= 0.6 is 11.3 Å². The molecule has 0 atom stereocenters. The zero-order valence-corrected chi connectivity index (χ0v) is 20.6. The molecule has 31 heavy (non-hydrogen) atoms. The fourth-order valence-corrected chi connectivity index (χ4v) is 7.51. The SMILES string of the molecule is Cc1cc(C)c(C)c(S(=O)(=O)N2CCC(N3CCC(Oc4nccs4)CC3)CC2)c1C. The van der Waals surface area contributed by atoms with Gasteiger partial charge in [0.05, 0.1) is 4.90 Å². The number of sulfonamides is 1. The van der Waals surface area contributed by atoms with Gasteiger partial charge in [0.2, 0.25) is 10.0 Å². The highest BCUT2D eigenvalue weighted by Gasteiger charge is 2.35. The number of aromatic nitrogens is 1. The van der Waals surface area contributed by atoms with E-state index < -0.39 is 10.0 Å². The number of benzene rings is 1. The molecule has 2 saturated heterocycles. The van der Waals surface area contributed by atoms with E-state index >= 15 is 0 Å². The average Bonchev–Trinajstić information content (AvgIpc) is 3.26. The monoisotopic (exact) mass is 463 g/mol. The van der Waals surface area contributed by atoms with Crippen molar-refractivity contribution >= 4 is 21.4 Å². The molecule has 0 N–H and O–H groups in total. The van der Waals surface area contributed by atoms with E-state index in [-0.39, 0.29) is 6.10 Å². The van der Waals surface area contributed by atoms with Crippen LogP contribution in [0, 0.1) is 27.7 Å². The van der Waals surface area contributed by atoms with Gasteiger partial charge in [0, 0.05) is 43.8 Å². The number of likely N-dealkylation sites (tertiary alicyclic amines) is 1. The predicted molar refractivity (Wildman–Crippen MR) is 125 cm³/mol. The van der Waals surface area contributed by atoms with Gasteiger partial charge in [-0.05, 0) is 75.6 Å². The van der Waals surface area contributed by atoms with Gasteiger partial charge in [0.1, 0.15) is 6.10 Å². The first-order valence-electron chi connectivity index (χ1n) is 11.1. The van der Waals surface area contributed by atoms with Crippen LogP contribution in [0.25, 0.3) is 0 Å². The predicted octanol–water partition coefficient (Wildman–Crippen LogP) is 4.07. The second kappa shape index (κ2) is 9.17. The molecular weight excluding hydrogens is 430 g/mol. The third-order valence-electron chi connectivity index (χ3n) is 6.99. The zero-order valence-electron chi connectivity index (χ0n) is 18.9. The summed E-state index contributed by atoms with van der Waals surface area (Å²) in [5.74, 6) is 0. The Morgan fingerprint density at radius 2 is 1.58 bits per heavy atom. The van der Waals surface area contributed by atoms with Crippen molar-refractivity contribution in [2.24, 2.45) is 0 Å². The lowest BCUT2D eigenvalue weighted by Gasteiger charge is -2.41. The van der Waals surface area contributed by atoms with E-state index in [0.717, 1.165) is 66.2 Å². The standard InChI is InChI=1S/C23H33N3O3S2/c1-16-15-17(2)19(4)22(18(16)3)31(27,28)26-12-5-20(6-13-26)25-10-7-21(8-11-25)29-23-24-9-14-30-23/h9,14-15,20-21H,5-8,10-13H2,1-4H3. The van der Waals surface area contributed by atoms with Crippen LogP contribution in [0.4, 0.5) is 0 Å². The van der Waals surface area contributed by atoms with Crippen molar-refractivity contribution in [3.63, 3.8) is 0 Å². The van der Waals surface area contributed by atoms with Crippen molar-refractivity contribution in [2.75, 3.05) is 26.2 Å². The number of ether oxygens (including phenoxy) is 1. The first-order chi connectivity index (χ1) is 14.8. The van der Waals surface area contributed by atoms with Gasteiger partial charge in [0.15, 0.2) is 0 Å². The largest absolute Gasteiger partial charge is 0.467 e. The van der Waals surface area contributed by atoms with Crippen LogP contribution in [0.1, 0.15) is 47.9 Å². The van der Waals surface area contributed by atoms with Crippen molar-refractivity contribution in [2.45, 2.75) is 70.4 Å². The molecule has 1 aromatic heterocycles. The topological polar surface area (TPSA) is 62.7 Å². The molecule has 2 fully saturated rings. The van der Waals surface area contributed by atoms with Gasteiger partial charge in [-0.15, -0.1) is 0 Å². The van der Waals surface area contributed by atoms with Crippen LogP contribution in [-0.4, -0.2) is 60.9 Å². The fraction of sp³-hybridized carbons (Fsp3) is 0.609. The van der Waals surface area contributed by atoms with E-state index in [1.54, 1.807) is 21.8 Å². The van der Waals surface area contributed by atoms with Gasteiger partial charge in [0.25, 0.3) is 5.19 Å². The number of thiazole rings is 1. The number of hydrogen-bond donors (Lipinski definition) is 0. The summed E-state index contributed by atoms with van der Waals surface area (Å²) in [6, 6.07) is 2.53. The molecule has 6 nitrogen and oxygen atoms in total. The van der Waals surface area contributed by atoms with Crippen molar-refractivity contribution in [1.82, 2.24) is 14.2 Å². The van der Waals surface area contributed by atoms with Crippen molar-refractivity contribution in [3.8, 4) is 5.19 Å². The van der Waals surface area contributed by atoms with Crippen LogP contribution in [-0.2, 0) is 10.0 Å². The highest BCUT2D eigenvalue weighted by molar-refractivity contribution is 7.89. The Morgan fingerprint density at radius 1 is 0.968 bits per heavy atom. The molecule has 8 heteroatoms. The Bertz CT molecular complexity index is 979. The summed E-state index contributed by atoms with van der Waals surface area (Å²) in [5.41, 5.74) is 3.85. The summed E-state index contributed by atoms with van der Waals surface area (Å²) in [4.78, 5) is 7.26. The van der Waals surface area contributed by atoms with Crippen molar-refractivity contribution in [1.29, 1.82) is 0 Å². The number of nitrogens with zero attached hydrogens (tertiary/aromatic N) is 3. The van der Waals surface area contributed by atoms with Crippen LogP contribution in [0.15, 0.2) is 22.5 Å². The molecule has 0 amide bonds. The summed E-state index contributed by atoms with van der Waals surface area (Å²) in [5, 5.41) is 2.70. The normalized spacial score (nSPS) is 20.3. The molecule has 4 rings (SSSR count). The third kappa shape index (κ3) is 4.67. The molecule has 1 aromatic carbocycles. The third-order valence-corrected chi connectivity index (χ3v) is 9.82. The molecule has 0 unspecified atom stereocenters. The molecular formula is C23H33N3O3S2. The Hall–Kier alpha value is -1.48. The summed E-state index contributed by atoms with van der Waals surface area (Å²) in [7, 11) is -3.47. The minimum Gasteiger partial charge on any atom is -0.467 e. The van der Waals surface area contributed by atoms with Gasteiger partial charge >= 0.3 is 0 Å². The molecule has 0 saturated carbocycles. The fourth-order valence-electron chi connectivity index (χ4n) is 4.91. The lowest BCUT2D eigenvalue weighted by molar-refractivity contribution is 0.0584. The van der Waals surface area contributed by atoms with E-state index in [0.29, 0.717) is 24.0 Å².